The Morgan fingerprint density at radius 2 is 0.481 bits per heavy atom. The van der Waals surface area contributed by atoms with Gasteiger partial charge in [-0.1, -0.05) is 438 Å². The summed E-state index contributed by atoms with van der Waals surface area (Å²) in [5.74, 6) is 1.34. The SMILES string of the molecule is CC1(C)c2ccccc2-c2ccc(-c3ccc(-c4cc(-c5ccc(-c6cccc(-c7cccc8c(-c9ccccc9)nc9ccccc9c78)c6)cc5)nc(-c5ccccc5)n4)cc3)cc21.O=P(c1ccccc1)(c1ccccc1)c1ccc(-c2cc(-c3ccc(-c4cccc(-c5cccc6c(-c7ccccc7)nc7ccccc7c56)c4)cc3)nc(-c3ccccc3)n2)cc1. The van der Waals surface area contributed by atoms with E-state index in [4.69, 9.17) is 29.9 Å². The first-order chi connectivity index (χ1) is 63.6. The summed E-state index contributed by atoms with van der Waals surface area (Å²) in [7, 11) is -3.12. The van der Waals surface area contributed by atoms with Crippen molar-refractivity contribution in [3.63, 3.8) is 0 Å². The highest BCUT2D eigenvalue weighted by atomic mass is 31.2. The second kappa shape index (κ2) is 33.6. The van der Waals surface area contributed by atoms with Gasteiger partial charge < -0.3 is 4.57 Å². The van der Waals surface area contributed by atoms with Crippen LogP contribution in [0.5, 0.6) is 0 Å². The van der Waals surface area contributed by atoms with Crippen LogP contribution in [0.2, 0.25) is 0 Å². The normalized spacial score (nSPS) is 12.0. The minimum Gasteiger partial charge on any atom is -0.309 e. The van der Waals surface area contributed by atoms with E-state index in [2.05, 4.69) is 341 Å². The van der Waals surface area contributed by atoms with E-state index in [0.29, 0.717) is 11.6 Å². The first-order valence-corrected chi connectivity index (χ1v) is 45.5. The molecule has 4 aromatic heterocycles. The average molecular weight is 1670 g/mol. The summed E-state index contributed by atoms with van der Waals surface area (Å²) in [6, 6.07) is 163. The number of para-hydroxylation sites is 2. The molecule has 0 spiro atoms. The number of nitrogens with zero attached hydrogens (tertiary/aromatic N) is 6. The van der Waals surface area contributed by atoms with Crippen LogP contribution in [-0.2, 0) is 9.98 Å². The zero-order chi connectivity index (χ0) is 86.4. The van der Waals surface area contributed by atoms with Gasteiger partial charge in [0.05, 0.1) is 45.2 Å². The molecule has 23 rings (SSSR count). The maximum Gasteiger partial charge on any atom is 0.171 e. The smallest absolute Gasteiger partial charge is 0.171 e. The maximum absolute atomic E-state index is 15.1. The van der Waals surface area contributed by atoms with Crippen LogP contribution in [0.15, 0.2) is 467 Å². The van der Waals surface area contributed by atoms with Crippen LogP contribution in [0.25, 0.3) is 200 Å². The summed E-state index contributed by atoms with van der Waals surface area (Å²) >= 11 is 0. The fourth-order valence-corrected chi connectivity index (χ4v) is 21.4. The standard InChI is InChI=1S/C62H43N3.C59H40N3OP/c1-62(2)54-25-11-9-21-50(54)51-36-35-47(38-55(51)62)41-29-33-43(34-30-41)58-39-57(64-61(65-58)45-17-7-4-8-18-45)42-31-27-40(28-32-42)46-19-13-20-48(37-46)49-23-14-24-53-59(49)52-22-10-12-26-56(52)63-60(53)44-15-5-3-6-16-44;63-64(48-23-9-3-10-24-48,49-25-11-4-12-26-49)50-37-35-43(36-38-50)56-40-55(61-59(62-56)45-19-7-2-8-20-45)42-33-31-41(32-34-42)46-21-15-22-47(39-46)51-28-16-29-53-57(51)52-27-13-14-30-54(52)60-58(53)44-17-5-1-6-18-44/h3-39H,1-2H3;1-40H. The van der Waals surface area contributed by atoms with E-state index < -0.39 is 7.14 Å². The van der Waals surface area contributed by atoms with E-state index in [9.17, 15) is 0 Å². The molecule has 608 valence electrons. The largest absolute Gasteiger partial charge is 0.309 e. The first kappa shape index (κ1) is 78.7. The molecule has 0 amide bonds. The Balaban J connectivity index is 0.000000152. The number of pyridine rings is 2. The van der Waals surface area contributed by atoms with Crippen LogP contribution in [-0.4, -0.2) is 29.9 Å². The summed E-state index contributed by atoms with van der Waals surface area (Å²) < 4.78 is 15.1. The van der Waals surface area contributed by atoms with Crippen molar-refractivity contribution in [2.45, 2.75) is 19.3 Å². The van der Waals surface area contributed by atoms with E-state index in [0.717, 1.165) is 161 Å². The van der Waals surface area contributed by atoms with Crippen molar-refractivity contribution < 1.29 is 4.57 Å². The fraction of sp³-hybridized carbons (Fsp3) is 0.0248. The molecule has 22 aromatic rings. The predicted octanol–water partition coefficient (Wildman–Crippen LogP) is 30.0. The average Bonchev–Trinajstić information content (AvgIpc) is 1.73. The van der Waals surface area contributed by atoms with Crippen molar-refractivity contribution in [3.05, 3.63) is 478 Å². The van der Waals surface area contributed by atoms with Crippen LogP contribution in [0.3, 0.4) is 0 Å². The Morgan fingerprint density at radius 3 is 0.899 bits per heavy atom. The summed E-state index contributed by atoms with van der Waals surface area (Å²) in [5.41, 5.74) is 32.4. The highest BCUT2D eigenvalue weighted by Crippen LogP contribution is 2.51. The third-order valence-electron chi connectivity index (χ3n) is 25.3. The number of benzene rings is 18. The lowest BCUT2D eigenvalue weighted by Gasteiger charge is -2.22. The van der Waals surface area contributed by atoms with Crippen molar-refractivity contribution in [2.24, 2.45) is 0 Å². The molecule has 7 nitrogen and oxygen atoms in total. The molecular weight excluding hydrogens is 1580 g/mol. The van der Waals surface area contributed by atoms with Crippen LogP contribution in [0.1, 0.15) is 25.0 Å². The number of aromatic nitrogens is 6. The van der Waals surface area contributed by atoms with Crippen molar-refractivity contribution in [1.82, 2.24) is 29.9 Å². The lowest BCUT2D eigenvalue weighted by atomic mass is 9.81. The number of hydrogen-bond acceptors (Lipinski definition) is 7. The molecule has 0 atom stereocenters. The maximum atomic E-state index is 15.1. The molecule has 0 aliphatic heterocycles. The Labute approximate surface area is 750 Å². The van der Waals surface area contributed by atoms with Gasteiger partial charge in [0.2, 0.25) is 0 Å². The minimum absolute atomic E-state index is 0.0473. The molecule has 4 heterocycles. The van der Waals surface area contributed by atoms with Crippen molar-refractivity contribution >= 4 is 66.4 Å². The zero-order valence-electron chi connectivity index (χ0n) is 71.0. The fourth-order valence-electron chi connectivity index (χ4n) is 18.7. The lowest BCUT2D eigenvalue weighted by molar-refractivity contribution is 0.592. The number of rotatable bonds is 16. The molecule has 0 unspecified atom stereocenters. The van der Waals surface area contributed by atoms with Gasteiger partial charge >= 0.3 is 0 Å². The molecule has 0 N–H and O–H groups in total. The molecule has 8 heteroatoms. The van der Waals surface area contributed by atoms with Gasteiger partial charge in [0, 0.05) is 98.2 Å². The van der Waals surface area contributed by atoms with Gasteiger partial charge in [-0.3, -0.25) is 0 Å². The van der Waals surface area contributed by atoms with Crippen LogP contribution >= 0.6 is 7.14 Å². The van der Waals surface area contributed by atoms with E-state index in [1.165, 1.54) is 55.3 Å². The van der Waals surface area contributed by atoms with Gasteiger partial charge in [-0.05, 0) is 120 Å². The van der Waals surface area contributed by atoms with Gasteiger partial charge in [0.25, 0.3) is 0 Å². The summed E-state index contributed by atoms with van der Waals surface area (Å²) in [5, 5.41) is 9.35. The molecule has 18 aromatic carbocycles. The van der Waals surface area contributed by atoms with Crippen LogP contribution in [0, 0.1) is 0 Å². The molecule has 129 heavy (non-hydrogen) atoms. The molecule has 1 aliphatic carbocycles. The van der Waals surface area contributed by atoms with Crippen LogP contribution < -0.4 is 15.9 Å². The topological polar surface area (TPSA) is 94.4 Å². The minimum atomic E-state index is -3.12. The van der Waals surface area contributed by atoms with Crippen LogP contribution in [0.4, 0.5) is 0 Å². The second-order valence-corrected chi connectivity index (χ2v) is 36.2. The third-order valence-corrected chi connectivity index (χ3v) is 28.4. The van der Waals surface area contributed by atoms with E-state index in [1.54, 1.807) is 0 Å². The van der Waals surface area contributed by atoms with Crippen molar-refractivity contribution in [3.8, 4) is 157 Å². The molecule has 0 radical (unpaired) electrons. The zero-order valence-corrected chi connectivity index (χ0v) is 71.9. The van der Waals surface area contributed by atoms with Gasteiger partial charge in [-0.25, -0.2) is 29.9 Å². The first-order valence-electron chi connectivity index (χ1n) is 43.8. The van der Waals surface area contributed by atoms with Gasteiger partial charge in [0.1, 0.15) is 0 Å². The highest BCUT2D eigenvalue weighted by Gasteiger charge is 2.36. The predicted molar refractivity (Wildman–Crippen MR) is 537 cm³/mol. The Bertz CT molecular complexity index is 7990. The number of hydrogen-bond donors (Lipinski definition) is 0. The Hall–Kier alpha value is -16.3. The quantitative estimate of drug-likeness (QED) is 0.0702. The van der Waals surface area contributed by atoms with Gasteiger partial charge in [0.15, 0.2) is 18.8 Å². The molecular formula is C121H83N6OP. The molecule has 0 saturated carbocycles. The Morgan fingerprint density at radius 1 is 0.194 bits per heavy atom. The number of fused-ring (bicyclic) bond motifs is 9. The monoisotopic (exact) mass is 1670 g/mol. The molecule has 0 fully saturated rings. The summed E-state index contributed by atoms with van der Waals surface area (Å²) in [6.07, 6.45) is 0. The third kappa shape index (κ3) is 15.0. The summed E-state index contributed by atoms with van der Waals surface area (Å²) in [4.78, 5) is 30.8. The highest BCUT2D eigenvalue weighted by molar-refractivity contribution is 7.85. The molecule has 1 aliphatic rings. The molecule has 0 saturated heterocycles. The van der Waals surface area contributed by atoms with Crippen molar-refractivity contribution in [1.29, 1.82) is 0 Å². The lowest BCUT2D eigenvalue weighted by Crippen LogP contribution is -2.24. The van der Waals surface area contributed by atoms with Gasteiger partial charge in [-0.15, -0.1) is 0 Å². The van der Waals surface area contributed by atoms with Gasteiger partial charge in [-0.2, -0.15) is 0 Å². The van der Waals surface area contributed by atoms with E-state index in [1.807, 2.05) is 140 Å². The second-order valence-electron chi connectivity index (χ2n) is 33.5. The Kier molecular flexibility index (Phi) is 20.5. The van der Waals surface area contributed by atoms with Crippen molar-refractivity contribution in [2.75, 3.05) is 0 Å². The molecule has 0 bridgehead atoms. The summed E-state index contributed by atoms with van der Waals surface area (Å²) in [6.45, 7) is 4.67. The van der Waals surface area contributed by atoms with E-state index in [-0.39, 0.29) is 5.41 Å². The van der Waals surface area contributed by atoms with E-state index >= 15 is 4.57 Å².